The molecule has 202 valence electrons. The monoisotopic (exact) mass is 534 g/mol. The second-order valence-electron chi connectivity index (χ2n) is 7.87. The van der Waals surface area contributed by atoms with Crippen molar-refractivity contribution in [2.24, 2.45) is 5.73 Å². The van der Waals surface area contributed by atoms with E-state index in [2.05, 4.69) is 30.2 Å². The van der Waals surface area contributed by atoms with Crippen LogP contribution in [0.25, 0.3) is 22.3 Å². The van der Waals surface area contributed by atoms with Crippen LogP contribution in [0.5, 0.6) is 0 Å². The van der Waals surface area contributed by atoms with Gasteiger partial charge in [-0.3, -0.25) is 4.98 Å². The minimum atomic E-state index is -1.75. The number of hydrogen-bond donors (Lipinski definition) is 2. The molecule has 4 aromatic rings. The van der Waals surface area contributed by atoms with Crippen LogP contribution in [-0.2, 0) is 0 Å². The van der Waals surface area contributed by atoms with Crippen molar-refractivity contribution >= 4 is 28.4 Å². The van der Waals surface area contributed by atoms with Gasteiger partial charge in [-0.25, -0.2) is 41.9 Å². The van der Waals surface area contributed by atoms with E-state index in [0.717, 1.165) is 31.3 Å². The Labute approximate surface area is 216 Å². The average molecular weight is 535 g/mol. The Morgan fingerprint density at radius 2 is 1.79 bits per heavy atom. The molecule has 3 N–H and O–H groups in total. The minimum absolute atomic E-state index is 0.0352. The summed E-state index contributed by atoms with van der Waals surface area (Å²) in [7, 11) is 0. The first-order valence-corrected chi connectivity index (χ1v) is 11.9. The quantitative estimate of drug-likeness (QED) is 0.332. The number of piperidine rings is 1. The first-order chi connectivity index (χ1) is 18.4. The Balaban J connectivity index is 0.000000748. The van der Waals surface area contributed by atoms with Crippen LogP contribution in [0.4, 0.5) is 39.4 Å². The molecular formula is C25H27F5N8. The van der Waals surface area contributed by atoms with Crippen molar-refractivity contribution in [1.82, 2.24) is 24.9 Å². The maximum Gasteiger partial charge on any atom is 0.229 e. The highest BCUT2D eigenvalue weighted by atomic mass is 19.3. The van der Waals surface area contributed by atoms with E-state index in [-0.39, 0.29) is 23.1 Å². The van der Waals surface area contributed by atoms with Gasteiger partial charge in [0.2, 0.25) is 6.93 Å². The topological polar surface area (TPSA) is 106 Å². The molecule has 0 bridgehead atoms. The molecule has 8 nitrogen and oxygen atoms in total. The fourth-order valence-electron chi connectivity index (χ4n) is 3.85. The molecule has 0 aromatic carbocycles. The number of aromatic nitrogens is 5. The summed E-state index contributed by atoms with van der Waals surface area (Å²) in [5.41, 5.74) is 7.05. The summed E-state index contributed by atoms with van der Waals surface area (Å²) in [4.78, 5) is 22.9. The summed E-state index contributed by atoms with van der Waals surface area (Å²) in [6.07, 6.45) is 6.77. The highest BCUT2D eigenvalue weighted by molar-refractivity contribution is 5.91. The molecule has 1 atom stereocenters. The van der Waals surface area contributed by atoms with Crippen LogP contribution in [0.15, 0.2) is 43.0 Å². The Hall–Kier alpha value is -4.00. The molecule has 0 saturated carbocycles. The number of rotatable bonds is 4. The SMILES string of the molecule is CC.FCF.N[C@H]1CCCN(c2nc(-c3ccnc(Nc4ncc(F)cc4F)c3)nc3cncc(F)c23)C1. The van der Waals surface area contributed by atoms with Gasteiger partial charge in [0.15, 0.2) is 23.3 Å². The lowest BCUT2D eigenvalue weighted by Gasteiger charge is -2.32. The Kier molecular flexibility index (Phi) is 10.2. The Morgan fingerprint density at radius 3 is 2.50 bits per heavy atom. The standard InChI is InChI=1S/C22H19F3N8.C2H6.CH2F2/c23-13-7-15(24)21(29-8-13)31-18-6-12(3-4-28-18)20-30-17-10-27-9-16(25)19(17)22(32-20)33-5-1-2-14(26)11-33;1-2;2-1-3/h3-4,6-10,14H,1-2,5,11,26H2,(H,28,29,31);1-2H3;1H2/t14-;;/m0../s1. The zero-order valence-electron chi connectivity index (χ0n) is 20.8. The Morgan fingerprint density at radius 1 is 1.03 bits per heavy atom. The normalized spacial score (nSPS) is 14.7. The predicted molar refractivity (Wildman–Crippen MR) is 136 cm³/mol. The zero-order valence-corrected chi connectivity index (χ0v) is 20.8. The van der Waals surface area contributed by atoms with Gasteiger partial charge in [-0.1, -0.05) is 13.8 Å². The second-order valence-corrected chi connectivity index (χ2v) is 7.87. The number of fused-ring (bicyclic) bond motifs is 1. The van der Waals surface area contributed by atoms with E-state index in [0.29, 0.717) is 35.8 Å². The van der Waals surface area contributed by atoms with E-state index >= 15 is 0 Å². The van der Waals surface area contributed by atoms with Gasteiger partial charge >= 0.3 is 0 Å². The smallest absolute Gasteiger partial charge is 0.229 e. The number of nitrogens with zero attached hydrogens (tertiary/aromatic N) is 6. The van der Waals surface area contributed by atoms with E-state index in [9.17, 15) is 22.0 Å². The summed E-state index contributed by atoms with van der Waals surface area (Å²) in [5.74, 6) is -1.29. The van der Waals surface area contributed by atoms with E-state index in [1.807, 2.05) is 18.7 Å². The van der Waals surface area contributed by atoms with Crippen LogP contribution in [0.2, 0.25) is 0 Å². The van der Waals surface area contributed by atoms with Crippen LogP contribution < -0.4 is 16.0 Å². The third-order valence-corrected chi connectivity index (χ3v) is 5.37. The molecule has 1 aliphatic rings. The highest BCUT2D eigenvalue weighted by Gasteiger charge is 2.23. The molecule has 1 fully saturated rings. The number of halogens is 5. The summed E-state index contributed by atoms with van der Waals surface area (Å²) < 4.78 is 61.1. The summed E-state index contributed by atoms with van der Waals surface area (Å²) >= 11 is 0. The van der Waals surface area contributed by atoms with Crippen molar-refractivity contribution in [2.45, 2.75) is 32.7 Å². The maximum absolute atomic E-state index is 14.7. The highest BCUT2D eigenvalue weighted by Crippen LogP contribution is 2.31. The van der Waals surface area contributed by atoms with Gasteiger partial charge in [0, 0.05) is 37.0 Å². The van der Waals surface area contributed by atoms with Crippen molar-refractivity contribution in [2.75, 3.05) is 30.2 Å². The molecule has 1 aliphatic heterocycles. The van der Waals surface area contributed by atoms with Crippen molar-refractivity contribution in [3.05, 3.63) is 60.4 Å². The largest absolute Gasteiger partial charge is 0.354 e. The second kappa shape index (κ2) is 13.5. The number of nitrogens with two attached hydrogens (primary N) is 1. The number of hydrogen-bond acceptors (Lipinski definition) is 8. The van der Waals surface area contributed by atoms with Crippen LogP contribution in [0, 0.1) is 17.5 Å². The van der Waals surface area contributed by atoms with Gasteiger partial charge < -0.3 is 16.0 Å². The first-order valence-electron chi connectivity index (χ1n) is 11.9. The van der Waals surface area contributed by atoms with Crippen LogP contribution in [0.1, 0.15) is 26.7 Å². The van der Waals surface area contributed by atoms with Crippen LogP contribution >= 0.6 is 0 Å². The lowest BCUT2D eigenvalue weighted by molar-refractivity contribution is 0.295. The first kappa shape index (κ1) is 28.6. The van der Waals surface area contributed by atoms with Crippen molar-refractivity contribution < 1.29 is 22.0 Å². The molecule has 0 radical (unpaired) electrons. The number of nitrogens with one attached hydrogen (secondary N) is 1. The minimum Gasteiger partial charge on any atom is -0.354 e. The van der Waals surface area contributed by atoms with Gasteiger partial charge in [0.25, 0.3) is 0 Å². The Bertz CT molecular complexity index is 1360. The van der Waals surface area contributed by atoms with E-state index in [1.54, 1.807) is 12.1 Å². The van der Waals surface area contributed by atoms with E-state index in [4.69, 9.17) is 5.73 Å². The lowest BCUT2D eigenvalue weighted by Crippen LogP contribution is -2.43. The summed E-state index contributed by atoms with van der Waals surface area (Å²) in [6, 6.07) is 3.97. The molecule has 38 heavy (non-hydrogen) atoms. The molecule has 0 spiro atoms. The third kappa shape index (κ3) is 6.85. The fourth-order valence-corrected chi connectivity index (χ4v) is 3.85. The summed E-state index contributed by atoms with van der Waals surface area (Å²) in [5, 5.41) is 3.01. The molecular weight excluding hydrogens is 507 g/mol. The predicted octanol–water partition coefficient (Wildman–Crippen LogP) is 5.48. The zero-order chi connectivity index (χ0) is 27.7. The molecule has 0 amide bonds. The van der Waals surface area contributed by atoms with E-state index in [1.165, 1.54) is 12.4 Å². The van der Waals surface area contributed by atoms with Gasteiger partial charge in [0.1, 0.15) is 17.5 Å². The van der Waals surface area contributed by atoms with Gasteiger partial charge in [-0.15, -0.1) is 0 Å². The number of alkyl halides is 2. The summed E-state index contributed by atoms with van der Waals surface area (Å²) in [6.45, 7) is 3.49. The van der Waals surface area contributed by atoms with Crippen molar-refractivity contribution in [3.8, 4) is 11.4 Å². The number of pyridine rings is 3. The van der Waals surface area contributed by atoms with Gasteiger partial charge in [-0.05, 0) is 25.0 Å². The van der Waals surface area contributed by atoms with E-state index < -0.39 is 24.4 Å². The van der Waals surface area contributed by atoms with Crippen molar-refractivity contribution in [3.63, 3.8) is 0 Å². The molecule has 4 aromatic heterocycles. The lowest BCUT2D eigenvalue weighted by atomic mass is 10.1. The van der Waals surface area contributed by atoms with Crippen molar-refractivity contribution in [1.29, 1.82) is 0 Å². The molecule has 0 aliphatic carbocycles. The molecule has 5 heterocycles. The number of anilines is 3. The molecule has 13 heteroatoms. The average Bonchev–Trinajstić information content (AvgIpc) is 2.92. The maximum atomic E-state index is 14.7. The fraction of sp³-hybridized carbons (Fsp3) is 0.320. The molecule has 5 rings (SSSR count). The molecule has 0 unspecified atom stereocenters. The van der Waals surface area contributed by atoms with Crippen LogP contribution in [-0.4, -0.2) is 51.0 Å². The van der Waals surface area contributed by atoms with Crippen LogP contribution in [0.3, 0.4) is 0 Å². The molecule has 1 saturated heterocycles. The van der Waals surface area contributed by atoms with Gasteiger partial charge in [-0.2, -0.15) is 0 Å². The third-order valence-electron chi connectivity index (χ3n) is 5.37. The van der Waals surface area contributed by atoms with Gasteiger partial charge in [0.05, 0.1) is 29.5 Å².